The molecule has 3 aromatic carbocycles. The minimum Gasteiger partial charge on any atom is -0.496 e. The molecule has 0 fully saturated rings. The Hall–Kier alpha value is -3.04. The van der Waals surface area contributed by atoms with Gasteiger partial charge in [-0.25, -0.2) is 16.8 Å². The summed E-state index contributed by atoms with van der Waals surface area (Å²) in [6, 6.07) is 16.6. The molecule has 3 aromatic rings. The van der Waals surface area contributed by atoms with Crippen LogP contribution in [0.25, 0.3) is 0 Å². The first-order valence-electron chi connectivity index (χ1n) is 10.5. The number of nitrogens with one attached hydrogen (secondary N) is 1. The van der Waals surface area contributed by atoms with Crippen molar-refractivity contribution in [3.63, 3.8) is 0 Å². The summed E-state index contributed by atoms with van der Waals surface area (Å²) < 4.78 is 62.1. The molecule has 1 heterocycles. The lowest BCUT2D eigenvalue weighted by Gasteiger charge is -2.31. The topological polar surface area (TPSA) is 92.8 Å². The van der Waals surface area contributed by atoms with Crippen molar-refractivity contribution in [3.05, 3.63) is 77.4 Å². The van der Waals surface area contributed by atoms with Crippen molar-refractivity contribution in [2.45, 2.75) is 36.5 Å². The molecule has 1 N–H and O–H groups in total. The zero-order valence-corrected chi connectivity index (χ0v) is 20.3. The lowest BCUT2D eigenvalue weighted by Crippen LogP contribution is -2.35. The van der Waals surface area contributed by atoms with Crippen LogP contribution in [-0.4, -0.2) is 30.5 Å². The average molecular weight is 487 g/mol. The summed E-state index contributed by atoms with van der Waals surface area (Å²) in [5.74, 6) is 0.613. The molecule has 174 valence electrons. The Labute approximate surface area is 195 Å². The summed E-state index contributed by atoms with van der Waals surface area (Å²) in [7, 11) is -6.12. The summed E-state index contributed by atoms with van der Waals surface area (Å²) >= 11 is 0. The maximum atomic E-state index is 13.3. The van der Waals surface area contributed by atoms with Crippen molar-refractivity contribution in [1.29, 1.82) is 0 Å². The van der Waals surface area contributed by atoms with Crippen LogP contribution in [0.5, 0.6) is 5.75 Å². The van der Waals surface area contributed by atoms with Gasteiger partial charge in [-0.1, -0.05) is 24.3 Å². The van der Waals surface area contributed by atoms with E-state index in [1.165, 1.54) is 11.4 Å². The second-order valence-electron chi connectivity index (χ2n) is 8.03. The number of anilines is 2. The number of aryl methyl sites for hydroxylation is 3. The predicted octanol–water partition coefficient (Wildman–Crippen LogP) is 4.25. The Morgan fingerprint density at radius 1 is 0.909 bits per heavy atom. The van der Waals surface area contributed by atoms with E-state index >= 15 is 0 Å². The van der Waals surface area contributed by atoms with Gasteiger partial charge in [-0.15, -0.1) is 0 Å². The number of fused-ring (bicyclic) bond motifs is 1. The molecule has 0 unspecified atom stereocenters. The number of rotatable bonds is 6. The Bertz CT molecular complexity index is 1400. The van der Waals surface area contributed by atoms with Crippen molar-refractivity contribution in [3.8, 4) is 5.75 Å². The third-order valence-corrected chi connectivity index (χ3v) is 9.08. The molecular formula is C24H26N2O5S2. The van der Waals surface area contributed by atoms with Crippen molar-refractivity contribution < 1.29 is 21.6 Å². The number of hydrogen-bond donors (Lipinski definition) is 1. The molecular weight excluding hydrogens is 460 g/mol. The molecule has 0 spiro atoms. The third kappa shape index (κ3) is 4.43. The SMILES string of the molecule is COc1cc(C)c(S(=O)(=O)Nc2ccc3c(c2)N(S(=O)(=O)c2ccccc2)CCC3)cc1C. The van der Waals surface area contributed by atoms with Gasteiger partial charge in [0.15, 0.2) is 0 Å². The van der Waals surface area contributed by atoms with Gasteiger partial charge in [-0.2, -0.15) is 0 Å². The van der Waals surface area contributed by atoms with Crippen LogP contribution in [0.1, 0.15) is 23.1 Å². The molecule has 0 radical (unpaired) electrons. The number of nitrogens with zero attached hydrogens (tertiary/aromatic N) is 1. The maximum absolute atomic E-state index is 13.3. The summed E-state index contributed by atoms with van der Waals surface area (Å²) in [5.41, 5.74) is 2.91. The molecule has 1 aliphatic rings. The van der Waals surface area contributed by atoms with Crippen LogP contribution in [0.15, 0.2) is 70.5 Å². The molecule has 1 aliphatic heterocycles. The highest BCUT2D eigenvalue weighted by molar-refractivity contribution is 7.93. The standard InChI is InChI=1S/C24H26N2O5S2/c1-17-15-24(18(2)14-23(17)31-3)32(27,28)25-20-12-11-19-8-7-13-26(22(19)16-20)33(29,30)21-9-5-4-6-10-21/h4-6,9-12,14-16,25H,7-8,13H2,1-3H3. The minimum absolute atomic E-state index is 0.146. The smallest absolute Gasteiger partial charge is 0.264 e. The highest BCUT2D eigenvalue weighted by Gasteiger charge is 2.29. The predicted molar refractivity (Wildman–Crippen MR) is 129 cm³/mol. The van der Waals surface area contributed by atoms with E-state index in [0.717, 1.165) is 12.0 Å². The quantitative estimate of drug-likeness (QED) is 0.562. The largest absolute Gasteiger partial charge is 0.496 e. The fraction of sp³-hybridized carbons (Fsp3) is 0.250. The summed E-state index contributed by atoms with van der Waals surface area (Å²) in [6.45, 7) is 3.82. The Kier molecular flexibility index (Phi) is 6.11. The van der Waals surface area contributed by atoms with Gasteiger partial charge in [0.2, 0.25) is 0 Å². The van der Waals surface area contributed by atoms with E-state index in [0.29, 0.717) is 41.2 Å². The first kappa shape index (κ1) is 23.1. The van der Waals surface area contributed by atoms with Crippen molar-refractivity contribution in [2.75, 3.05) is 22.7 Å². The van der Waals surface area contributed by atoms with Gasteiger partial charge in [0, 0.05) is 6.54 Å². The molecule has 9 heteroatoms. The molecule has 0 aromatic heterocycles. The molecule has 4 rings (SSSR count). The number of sulfonamides is 2. The molecule has 0 atom stereocenters. The van der Waals surface area contributed by atoms with E-state index in [9.17, 15) is 16.8 Å². The first-order chi connectivity index (χ1) is 15.6. The van der Waals surface area contributed by atoms with Crippen LogP contribution in [0.2, 0.25) is 0 Å². The van der Waals surface area contributed by atoms with Crippen LogP contribution < -0.4 is 13.8 Å². The van der Waals surface area contributed by atoms with Crippen LogP contribution >= 0.6 is 0 Å². The molecule has 0 amide bonds. The molecule has 7 nitrogen and oxygen atoms in total. The summed E-state index contributed by atoms with van der Waals surface area (Å²) in [5, 5.41) is 0. The van der Waals surface area contributed by atoms with Gasteiger partial charge < -0.3 is 4.74 Å². The van der Waals surface area contributed by atoms with Gasteiger partial charge in [-0.3, -0.25) is 9.03 Å². The van der Waals surface area contributed by atoms with E-state index in [1.807, 2.05) is 0 Å². The highest BCUT2D eigenvalue weighted by Crippen LogP contribution is 2.35. The van der Waals surface area contributed by atoms with Gasteiger partial charge >= 0.3 is 0 Å². The van der Waals surface area contributed by atoms with Crippen molar-refractivity contribution in [2.24, 2.45) is 0 Å². The van der Waals surface area contributed by atoms with Crippen LogP contribution in [-0.2, 0) is 26.5 Å². The molecule has 0 saturated heterocycles. The molecule has 0 bridgehead atoms. The van der Waals surface area contributed by atoms with E-state index < -0.39 is 20.0 Å². The Morgan fingerprint density at radius 2 is 1.64 bits per heavy atom. The van der Waals surface area contributed by atoms with Crippen molar-refractivity contribution in [1.82, 2.24) is 0 Å². The first-order valence-corrected chi connectivity index (χ1v) is 13.4. The lowest BCUT2D eigenvalue weighted by atomic mass is 10.0. The van der Waals surface area contributed by atoms with Gasteiger partial charge in [-0.05, 0) is 79.8 Å². The summed E-state index contributed by atoms with van der Waals surface area (Å²) in [6.07, 6.45) is 1.41. The van der Waals surface area contributed by atoms with E-state index in [2.05, 4.69) is 4.72 Å². The van der Waals surface area contributed by atoms with Crippen LogP contribution in [0, 0.1) is 13.8 Å². The zero-order chi connectivity index (χ0) is 23.8. The second-order valence-corrected chi connectivity index (χ2v) is 11.5. The van der Waals surface area contributed by atoms with Crippen LogP contribution in [0.4, 0.5) is 11.4 Å². The van der Waals surface area contributed by atoms with E-state index in [1.54, 1.807) is 74.5 Å². The van der Waals surface area contributed by atoms with Gasteiger partial charge in [0.25, 0.3) is 20.0 Å². The maximum Gasteiger partial charge on any atom is 0.264 e. The normalized spacial score (nSPS) is 14.0. The molecule has 0 saturated carbocycles. The molecule has 33 heavy (non-hydrogen) atoms. The minimum atomic E-state index is -3.90. The van der Waals surface area contributed by atoms with E-state index in [4.69, 9.17) is 4.74 Å². The second kappa shape index (κ2) is 8.72. The zero-order valence-electron chi connectivity index (χ0n) is 18.7. The Morgan fingerprint density at radius 3 is 2.33 bits per heavy atom. The monoisotopic (exact) mass is 486 g/mol. The number of benzene rings is 3. The lowest BCUT2D eigenvalue weighted by molar-refractivity contribution is 0.411. The summed E-state index contributed by atoms with van der Waals surface area (Å²) in [4.78, 5) is 0.348. The van der Waals surface area contributed by atoms with Gasteiger partial charge in [0.05, 0.1) is 28.3 Å². The molecule has 0 aliphatic carbocycles. The van der Waals surface area contributed by atoms with E-state index in [-0.39, 0.29) is 9.79 Å². The average Bonchev–Trinajstić information content (AvgIpc) is 2.80. The third-order valence-electron chi connectivity index (χ3n) is 5.73. The van der Waals surface area contributed by atoms with Crippen molar-refractivity contribution >= 4 is 31.4 Å². The number of hydrogen-bond acceptors (Lipinski definition) is 5. The fourth-order valence-electron chi connectivity index (χ4n) is 4.06. The fourth-order valence-corrected chi connectivity index (χ4v) is 6.97. The Balaban J connectivity index is 1.71. The van der Waals surface area contributed by atoms with Gasteiger partial charge in [0.1, 0.15) is 5.75 Å². The number of ether oxygens (including phenoxy) is 1. The number of methoxy groups -OCH3 is 1. The van der Waals surface area contributed by atoms with Crippen LogP contribution in [0.3, 0.4) is 0 Å². The highest BCUT2D eigenvalue weighted by atomic mass is 32.2.